The van der Waals surface area contributed by atoms with Crippen LogP contribution in [0.3, 0.4) is 0 Å². The van der Waals surface area contributed by atoms with Crippen molar-refractivity contribution < 1.29 is 9.59 Å². The Kier molecular flexibility index (Phi) is 4.44. The quantitative estimate of drug-likeness (QED) is 0.602. The van der Waals surface area contributed by atoms with Gasteiger partial charge in [0, 0.05) is 34.3 Å². The Hall–Kier alpha value is -2.54. The molecule has 0 aliphatic carbocycles. The standard InChI is InChI=1S/C17H17BrN4O2/c1-10-13(12-5-3-4-6-14(12)19-10)8-16(23)20-21-17(24)15-7-11(18)9-22(15)2/h3-7,9,19H,8H2,1-2H3,(H,20,23)(H,21,24). The molecule has 7 heteroatoms. The summed E-state index contributed by atoms with van der Waals surface area (Å²) in [5, 5.41) is 1.02. The number of para-hydroxylation sites is 1. The molecular weight excluding hydrogens is 372 g/mol. The van der Waals surface area contributed by atoms with E-state index in [-0.39, 0.29) is 18.2 Å². The molecule has 1 aromatic carbocycles. The molecule has 3 N–H and O–H groups in total. The summed E-state index contributed by atoms with van der Waals surface area (Å²) in [5.74, 6) is -0.642. The van der Waals surface area contributed by atoms with E-state index in [1.54, 1.807) is 23.9 Å². The lowest BCUT2D eigenvalue weighted by molar-refractivity contribution is -0.121. The summed E-state index contributed by atoms with van der Waals surface area (Å²) < 4.78 is 2.48. The van der Waals surface area contributed by atoms with Crippen molar-refractivity contribution in [2.45, 2.75) is 13.3 Å². The number of nitrogens with one attached hydrogen (secondary N) is 3. The number of carbonyl (C=O) groups excluding carboxylic acids is 2. The molecule has 0 saturated carbocycles. The molecule has 24 heavy (non-hydrogen) atoms. The van der Waals surface area contributed by atoms with Crippen molar-refractivity contribution >= 4 is 38.6 Å². The molecule has 0 unspecified atom stereocenters. The molecule has 3 aromatic rings. The Balaban J connectivity index is 1.66. The van der Waals surface area contributed by atoms with Gasteiger partial charge >= 0.3 is 0 Å². The van der Waals surface area contributed by atoms with Crippen molar-refractivity contribution in [1.29, 1.82) is 0 Å². The number of H-pyrrole nitrogens is 1. The van der Waals surface area contributed by atoms with Gasteiger partial charge in [-0.25, -0.2) is 0 Å². The number of carbonyl (C=O) groups is 2. The van der Waals surface area contributed by atoms with Crippen LogP contribution in [0.25, 0.3) is 10.9 Å². The summed E-state index contributed by atoms with van der Waals surface area (Å²) in [6.45, 7) is 1.93. The van der Waals surface area contributed by atoms with Gasteiger partial charge in [0.2, 0.25) is 5.91 Å². The topological polar surface area (TPSA) is 78.9 Å². The van der Waals surface area contributed by atoms with Gasteiger partial charge in [0.1, 0.15) is 5.69 Å². The van der Waals surface area contributed by atoms with Crippen LogP contribution in [-0.4, -0.2) is 21.4 Å². The number of hydrogen-bond donors (Lipinski definition) is 3. The van der Waals surface area contributed by atoms with Crippen LogP contribution < -0.4 is 10.9 Å². The van der Waals surface area contributed by atoms with Crippen molar-refractivity contribution in [3.8, 4) is 0 Å². The number of nitrogens with zero attached hydrogens (tertiary/aromatic N) is 1. The second-order valence-electron chi connectivity index (χ2n) is 5.61. The molecule has 0 aliphatic heterocycles. The minimum absolute atomic E-state index is 0.187. The molecule has 6 nitrogen and oxygen atoms in total. The molecule has 0 bridgehead atoms. The maximum Gasteiger partial charge on any atom is 0.286 e. The minimum Gasteiger partial charge on any atom is -0.358 e. The molecule has 0 saturated heterocycles. The van der Waals surface area contributed by atoms with Crippen LogP contribution in [0.15, 0.2) is 41.0 Å². The third-order valence-corrected chi connectivity index (χ3v) is 4.32. The van der Waals surface area contributed by atoms with Crippen molar-refractivity contribution in [3.05, 3.63) is 58.0 Å². The van der Waals surface area contributed by atoms with Gasteiger partial charge in [0.15, 0.2) is 0 Å². The third kappa shape index (κ3) is 3.21. The van der Waals surface area contributed by atoms with E-state index in [1.807, 2.05) is 31.2 Å². The Morgan fingerprint density at radius 1 is 1.25 bits per heavy atom. The second-order valence-corrected chi connectivity index (χ2v) is 6.52. The average molecular weight is 389 g/mol. The lowest BCUT2D eigenvalue weighted by Gasteiger charge is -2.08. The Morgan fingerprint density at radius 2 is 2.00 bits per heavy atom. The number of aromatic nitrogens is 2. The first-order chi connectivity index (χ1) is 11.5. The summed E-state index contributed by atoms with van der Waals surface area (Å²) in [6.07, 6.45) is 1.96. The minimum atomic E-state index is -0.368. The summed E-state index contributed by atoms with van der Waals surface area (Å²) in [6, 6.07) is 9.51. The van der Waals surface area contributed by atoms with Crippen molar-refractivity contribution in [3.63, 3.8) is 0 Å². The molecule has 0 fully saturated rings. The summed E-state index contributed by atoms with van der Waals surface area (Å²) in [5.41, 5.74) is 8.23. The lowest BCUT2D eigenvalue weighted by atomic mass is 10.1. The van der Waals surface area contributed by atoms with E-state index in [4.69, 9.17) is 0 Å². The zero-order valence-corrected chi connectivity index (χ0v) is 14.9. The highest BCUT2D eigenvalue weighted by molar-refractivity contribution is 9.10. The number of hydrazine groups is 1. The van der Waals surface area contributed by atoms with Crippen LogP contribution in [0, 0.1) is 6.92 Å². The molecule has 3 rings (SSSR count). The zero-order valence-electron chi connectivity index (χ0n) is 13.3. The van der Waals surface area contributed by atoms with Crippen molar-refractivity contribution in [2.75, 3.05) is 0 Å². The maximum absolute atomic E-state index is 12.2. The molecule has 0 atom stereocenters. The average Bonchev–Trinajstić information content (AvgIpc) is 3.04. The van der Waals surface area contributed by atoms with E-state index in [9.17, 15) is 9.59 Å². The van der Waals surface area contributed by atoms with Crippen LogP contribution in [0.1, 0.15) is 21.7 Å². The van der Waals surface area contributed by atoms with Gasteiger partial charge in [-0.05, 0) is 40.5 Å². The number of hydrogen-bond acceptors (Lipinski definition) is 2. The van der Waals surface area contributed by atoms with E-state index in [0.717, 1.165) is 26.6 Å². The molecule has 2 aromatic heterocycles. The predicted octanol–water partition coefficient (Wildman–Crippen LogP) is 2.58. The normalized spacial score (nSPS) is 10.8. The lowest BCUT2D eigenvalue weighted by Crippen LogP contribution is -2.43. The fourth-order valence-electron chi connectivity index (χ4n) is 2.71. The molecule has 2 heterocycles. The highest BCUT2D eigenvalue weighted by Crippen LogP contribution is 2.22. The number of benzene rings is 1. The van der Waals surface area contributed by atoms with Gasteiger partial charge in [0.05, 0.1) is 6.42 Å². The maximum atomic E-state index is 12.2. The summed E-state index contributed by atoms with van der Waals surface area (Å²) in [4.78, 5) is 27.5. The van der Waals surface area contributed by atoms with Crippen LogP contribution >= 0.6 is 15.9 Å². The Labute approximate surface area is 147 Å². The first kappa shape index (κ1) is 16.3. The van der Waals surface area contributed by atoms with Crippen molar-refractivity contribution in [1.82, 2.24) is 20.4 Å². The van der Waals surface area contributed by atoms with Gasteiger partial charge in [-0.15, -0.1) is 0 Å². The van der Waals surface area contributed by atoms with Crippen LogP contribution in [-0.2, 0) is 18.3 Å². The molecule has 124 valence electrons. The molecule has 2 amide bonds. The van der Waals surface area contributed by atoms with E-state index in [0.29, 0.717) is 5.69 Å². The smallest absolute Gasteiger partial charge is 0.286 e. The third-order valence-electron chi connectivity index (χ3n) is 3.88. The number of fused-ring (bicyclic) bond motifs is 1. The van der Waals surface area contributed by atoms with Crippen LogP contribution in [0.4, 0.5) is 0 Å². The molecular formula is C17H17BrN4O2. The van der Waals surface area contributed by atoms with E-state index in [1.165, 1.54) is 0 Å². The highest BCUT2D eigenvalue weighted by atomic mass is 79.9. The SMILES string of the molecule is Cc1[nH]c2ccccc2c1CC(=O)NNC(=O)c1cc(Br)cn1C. The van der Waals surface area contributed by atoms with Crippen LogP contribution in [0.2, 0.25) is 0 Å². The van der Waals surface area contributed by atoms with Crippen LogP contribution in [0.5, 0.6) is 0 Å². The Bertz CT molecular complexity index is 926. The molecule has 0 radical (unpaired) electrons. The number of aryl methyl sites for hydroxylation is 2. The van der Waals surface area contributed by atoms with E-state index < -0.39 is 0 Å². The zero-order chi connectivity index (χ0) is 17.3. The highest BCUT2D eigenvalue weighted by Gasteiger charge is 2.14. The van der Waals surface area contributed by atoms with Gasteiger partial charge in [-0.2, -0.15) is 0 Å². The fourth-order valence-corrected chi connectivity index (χ4v) is 3.23. The van der Waals surface area contributed by atoms with Gasteiger partial charge < -0.3 is 9.55 Å². The number of halogens is 1. The second kappa shape index (κ2) is 6.52. The Morgan fingerprint density at radius 3 is 2.71 bits per heavy atom. The molecule has 0 spiro atoms. The van der Waals surface area contributed by atoms with Crippen molar-refractivity contribution in [2.24, 2.45) is 7.05 Å². The summed E-state index contributed by atoms with van der Waals surface area (Å²) >= 11 is 3.31. The predicted molar refractivity (Wildman–Crippen MR) is 95.5 cm³/mol. The van der Waals surface area contributed by atoms with Gasteiger partial charge in [0.25, 0.3) is 5.91 Å². The summed E-state index contributed by atoms with van der Waals surface area (Å²) in [7, 11) is 1.76. The fraction of sp³-hybridized carbons (Fsp3) is 0.176. The number of amides is 2. The van der Waals surface area contributed by atoms with Gasteiger partial charge in [-0.3, -0.25) is 20.4 Å². The first-order valence-electron chi connectivity index (χ1n) is 7.43. The molecule has 0 aliphatic rings. The first-order valence-corrected chi connectivity index (χ1v) is 8.22. The van der Waals surface area contributed by atoms with E-state index >= 15 is 0 Å². The monoisotopic (exact) mass is 388 g/mol. The number of rotatable bonds is 3. The van der Waals surface area contributed by atoms with Gasteiger partial charge in [-0.1, -0.05) is 18.2 Å². The largest absolute Gasteiger partial charge is 0.358 e. The van der Waals surface area contributed by atoms with E-state index in [2.05, 4.69) is 31.8 Å². The number of aromatic amines is 1.